The maximum absolute atomic E-state index is 12.4. The Labute approximate surface area is 99.5 Å². The van der Waals surface area contributed by atoms with Crippen molar-refractivity contribution in [3.8, 4) is 0 Å². The van der Waals surface area contributed by atoms with Gasteiger partial charge in [0.2, 0.25) is 0 Å². The lowest BCUT2D eigenvalue weighted by Crippen LogP contribution is -2.70. The molecule has 0 aliphatic carbocycles. The molecule has 0 aliphatic heterocycles. The highest BCUT2D eigenvalue weighted by atomic mass is 19.4. The predicted octanol–water partition coefficient (Wildman–Crippen LogP) is 3.67. The Morgan fingerprint density at radius 2 is 0.650 bits per heavy atom. The number of halogens is 13. The summed E-state index contributed by atoms with van der Waals surface area (Å²) in [7, 11) is 0. The highest BCUT2D eigenvalue weighted by Crippen LogP contribution is 2.59. The van der Waals surface area contributed by atoms with Gasteiger partial charge in [0.1, 0.15) is 0 Å². The summed E-state index contributed by atoms with van der Waals surface area (Å²) in [6.45, 7) is 0. The van der Waals surface area contributed by atoms with E-state index in [0.29, 0.717) is 0 Å². The van der Waals surface area contributed by atoms with Crippen LogP contribution in [0.5, 0.6) is 0 Å². The lowest BCUT2D eigenvalue weighted by molar-refractivity contribution is -0.461. The molecule has 0 heterocycles. The van der Waals surface area contributed by atoms with Gasteiger partial charge in [-0.3, -0.25) is 0 Å². The molecule has 0 unspecified atom stereocenters. The second-order valence-electron chi connectivity index (χ2n) is 3.34. The highest BCUT2D eigenvalue weighted by Gasteiger charge is 2.90. The lowest BCUT2D eigenvalue weighted by Gasteiger charge is -2.38. The number of hydrogen-bond acceptors (Lipinski definition) is 1. The molecule has 14 heteroatoms. The Bertz CT molecular complexity index is 324. The molecule has 20 heavy (non-hydrogen) atoms. The number of rotatable bonds is 4. The molecule has 0 radical (unpaired) electrons. The van der Waals surface area contributed by atoms with Gasteiger partial charge in [-0.2, -0.15) is 57.1 Å². The first kappa shape index (κ1) is 19.1. The van der Waals surface area contributed by atoms with Crippen LogP contribution in [0.25, 0.3) is 0 Å². The van der Waals surface area contributed by atoms with Crippen LogP contribution in [0.4, 0.5) is 57.1 Å². The second-order valence-corrected chi connectivity index (χ2v) is 3.34. The van der Waals surface area contributed by atoms with Gasteiger partial charge in [-0.1, -0.05) is 0 Å². The van der Waals surface area contributed by atoms with Crippen molar-refractivity contribution in [2.45, 2.75) is 36.0 Å². The quantitative estimate of drug-likeness (QED) is 0.777. The molecule has 122 valence electrons. The van der Waals surface area contributed by atoms with Crippen molar-refractivity contribution in [1.82, 2.24) is 0 Å². The van der Waals surface area contributed by atoms with Crippen molar-refractivity contribution in [3.63, 3.8) is 0 Å². The van der Waals surface area contributed by atoms with E-state index in [1.807, 2.05) is 0 Å². The molecule has 0 aromatic carbocycles. The van der Waals surface area contributed by atoms with E-state index in [-0.39, 0.29) is 0 Å². The van der Waals surface area contributed by atoms with E-state index in [9.17, 15) is 57.1 Å². The minimum atomic E-state index is -7.96. The van der Waals surface area contributed by atoms with Crippen LogP contribution in [-0.4, -0.2) is 41.1 Å². The van der Waals surface area contributed by atoms with E-state index < -0.39 is 36.0 Å². The topological polar surface area (TPSA) is 20.2 Å². The molecule has 0 spiro atoms. The van der Waals surface area contributed by atoms with Crippen LogP contribution in [0.3, 0.4) is 0 Å². The minimum absolute atomic E-state index is 6.98. The molecule has 0 rings (SSSR count). The molecular formula is C6HF13O. The first-order chi connectivity index (χ1) is 8.25. The van der Waals surface area contributed by atoms with Crippen molar-refractivity contribution in [2.75, 3.05) is 0 Å². The Hall–Kier alpha value is -0.950. The second kappa shape index (κ2) is 4.27. The first-order valence-corrected chi connectivity index (χ1v) is 3.93. The van der Waals surface area contributed by atoms with Gasteiger partial charge in [-0.05, 0) is 0 Å². The van der Waals surface area contributed by atoms with Gasteiger partial charge in [-0.15, -0.1) is 0 Å². The summed E-state index contributed by atoms with van der Waals surface area (Å²) in [6.07, 6.45) is -14.4. The Kier molecular flexibility index (Phi) is 4.07. The van der Waals surface area contributed by atoms with Gasteiger partial charge < -0.3 is 5.11 Å². The molecule has 0 bridgehead atoms. The third kappa shape index (κ3) is 2.26. The van der Waals surface area contributed by atoms with Crippen LogP contribution in [0.15, 0.2) is 0 Å². The van der Waals surface area contributed by atoms with E-state index in [4.69, 9.17) is 5.11 Å². The summed E-state index contributed by atoms with van der Waals surface area (Å²) in [5, 5.41) is 7.29. The molecule has 1 nitrogen and oxygen atoms in total. The van der Waals surface area contributed by atoms with E-state index >= 15 is 0 Å². The van der Waals surface area contributed by atoms with Gasteiger partial charge in [0.05, 0.1) is 0 Å². The van der Waals surface area contributed by atoms with E-state index in [1.54, 1.807) is 0 Å². The molecule has 0 aliphatic rings. The van der Waals surface area contributed by atoms with Crippen LogP contribution in [-0.2, 0) is 0 Å². The zero-order valence-electron chi connectivity index (χ0n) is 8.36. The number of alkyl halides is 13. The Morgan fingerprint density at radius 3 is 0.850 bits per heavy atom. The van der Waals surface area contributed by atoms with Gasteiger partial charge in [0.15, 0.2) is 0 Å². The molecule has 1 N–H and O–H groups in total. The third-order valence-corrected chi connectivity index (χ3v) is 1.92. The third-order valence-electron chi connectivity index (χ3n) is 1.92. The number of aliphatic hydroxyl groups is 1. The van der Waals surface area contributed by atoms with Crippen molar-refractivity contribution in [2.24, 2.45) is 0 Å². The average Bonchev–Trinajstić information content (AvgIpc) is 2.12. The fraction of sp³-hybridized carbons (Fsp3) is 1.00. The molecule has 0 amide bonds. The van der Waals surface area contributed by atoms with E-state index in [0.717, 1.165) is 0 Å². The van der Waals surface area contributed by atoms with Gasteiger partial charge in [0, 0.05) is 0 Å². The Morgan fingerprint density at radius 1 is 0.400 bits per heavy atom. The predicted molar refractivity (Wildman–Crippen MR) is 33.0 cm³/mol. The average molecular weight is 336 g/mol. The van der Waals surface area contributed by atoms with Gasteiger partial charge in [0.25, 0.3) is 0 Å². The van der Waals surface area contributed by atoms with Crippen LogP contribution < -0.4 is 0 Å². The van der Waals surface area contributed by atoms with Crippen molar-refractivity contribution in [3.05, 3.63) is 0 Å². The highest BCUT2D eigenvalue weighted by molar-refractivity contribution is 5.08. The van der Waals surface area contributed by atoms with Crippen LogP contribution in [0.2, 0.25) is 0 Å². The molecular weight excluding hydrogens is 335 g/mol. The van der Waals surface area contributed by atoms with Crippen LogP contribution in [0, 0.1) is 0 Å². The zero-order valence-corrected chi connectivity index (χ0v) is 8.36. The van der Waals surface area contributed by atoms with E-state index in [2.05, 4.69) is 0 Å². The summed E-state index contributed by atoms with van der Waals surface area (Å²) >= 11 is 0. The monoisotopic (exact) mass is 336 g/mol. The van der Waals surface area contributed by atoms with Crippen LogP contribution >= 0.6 is 0 Å². The minimum Gasteiger partial charge on any atom is -0.331 e. The molecule has 0 saturated carbocycles. The molecule has 0 saturated heterocycles. The molecule has 0 atom stereocenters. The van der Waals surface area contributed by atoms with Gasteiger partial charge in [-0.25, -0.2) is 0 Å². The zero-order chi connectivity index (χ0) is 17.0. The van der Waals surface area contributed by atoms with Crippen molar-refractivity contribution >= 4 is 0 Å². The largest absolute Gasteiger partial charge is 0.460 e. The van der Waals surface area contributed by atoms with E-state index in [1.165, 1.54) is 0 Å². The molecule has 0 fully saturated rings. The van der Waals surface area contributed by atoms with Crippen molar-refractivity contribution < 1.29 is 62.2 Å². The Balaban J connectivity index is 6.08. The smallest absolute Gasteiger partial charge is 0.331 e. The summed E-state index contributed by atoms with van der Waals surface area (Å²) in [5.74, 6) is -31.2. The standard InChI is InChI=1S/C6HF13O/c7-1(8,3(11,12)5(15,16)17)2(9,10)4(13,14)6(18,19)20/h20H. The molecule has 0 aromatic rings. The normalized spacial score (nSPS) is 16.5. The van der Waals surface area contributed by atoms with Crippen molar-refractivity contribution in [1.29, 1.82) is 0 Å². The maximum atomic E-state index is 12.4. The SMILES string of the molecule is OC(F)(F)C(F)(F)C(F)(F)C(F)(F)C(F)(F)C(F)(F)F. The summed E-state index contributed by atoms with van der Waals surface area (Å²) < 4.78 is 156. The summed E-state index contributed by atoms with van der Waals surface area (Å²) in [5.41, 5.74) is 0. The van der Waals surface area contributed by atoms with Crippen LogP contribution in [0.1, 0.15) is 0 Å². The summed E-state index contributed by atoms with van der Waals surface area (Å²) in [4.78, 5) is 0. The van der Waals surface area contributed by atoms with Gasteiger partial charge >= 0.3 is 36.0 Å². The lowest BCUT2D eigenvalue weighted by atomic mass is 9.97. The fourth-order valence-corrected chi connectivity index (χ4v) is 0.761. The first-order valence-electron chi connectivity index (χ1n) is 3.93. The summed E-state index contributed by atoms with van der Waals surface area (Å²) in [6, 6.07) is 0. The fourth-order valence-electron chi connectivity index (χ4n) is 0.761. The molecule has 0 aromatic heterocycles. The number of hydrogen-bond donors (Lipinski definition) is 1. The maximum Gasteiger partial charge on any atom is 0.460 e.